The van der Waals surface area contributed by atoms with Gasteiger partial charge in [0.1, 0.15) is 0 Å². The van der Waals surface area contributed by atoms with Crippen molar-refractivity contribution in [1.82, 2.24) is 14.9 Å². The standard InChI is InChI=1S/C18H21N3O4S/c1-11(2)8-14-15(18(14,3)4)16(22)21-26(23,24)13-7-5-6-12(9-13)17-20-19-10-25-17/h5-10,14-15H,1-4H3,(H,21,22)/t14-,15+/m1/s1. The molecule has 3 rings (SSSR count). The molecule has 8 heteroatoms. The molecule has 26 heavy (non-hydrogen) atoms. The molecule has 1 aliphatic rings. The highest BCUT2D eigenvalue weighted by Gasteiger charge is 2.60. The lowest BCUT2D eigenvalue weighted by atomic mass is 10.1. The van der Waals surface area contributed by atoms with E-state index >= 15 is 0 Å². The number of carbonyl (C=O) groups is 1. The van der Waals surface area contributed by atoms with Crippen molar-refractivity contribution < 1.29 is 17.6 Å². The third kappa shape index (κ3) is 3.41. The Balaban J connectivity index is 1.81. The quantitative estimate of drug-likeness (QED) is 0.806. The molecule has 0 saturated heterocycles. The van der Waals surface area contributed by atoms with E-state index in [9.17, 15) is 13.2 Å². The fourth-order valence-electron chi connectivity index (χ4n) is 3.20. The zero-order valence-corrected chi connectivity index (χ0v) is 15.9. The highest BCUT2D eigenvalue weighted by molar-refractivity contribution is 7.90. The van der Waals surface area contributed by atoms with Crippen molar-refractivity contribution in [2.75, 3.05) is 0 Å². The van der Waals surface area contributed by atoms with Gasteiger partial charge in [-0.2, -0.15) is 0 Å². The van der Waals surface area contributed by atoms with E-state index in [-0.39, 0.29) is 28.0 Å². The van der Waals surface area contributed by atoms with Crippen LogP contribution in [0.4, 0.5) is 0 Å². The minimum absolute atomic E-state index is 0.0289. The third-order valence-corrected chi connectivity index (χ3v) is 6.04. The number of hydrogen-bond donors (Lipinski definition) is 1. The molecule has 138 valence electrons. The Kier molecular flexibility index (Phi) is 4.47. The van der Waals surface area contributed by atoms with Crippen molar-refractivity contribution in [3.8, 4) is 11.5 Å². The number of nitrogens with zero attached hydrogens (tertiary/aromatic N) is 2. The zero-order valence-electron chi connectivity index (χ0n) is 15.1. The number of benzene rings is 1. The first kappa shape index (κ1) is 18.3. The van der Waals surface area contributed by atoms with Crippen molar-refractivity contribution in [3.63, 3.8) is 0 Å². The Morgan fingerprint density at radius 3 is 2.65 bits per heavy atom. The molecule has 7 nitrogen and oxygen atoms in total. The molecular weight excluding hydrogens is 354 g/mol. The second kappa shape index (κ2) is 6.35. The highest BCUT2D eigenvalue weighted by atomic mass is 32.2. The second-order valence-corrected chi connectivity index (χ2v) is 8.99. The molecule has 1 saturated carbocycles. The Morgan fingerprint density at radius 2 is 2.04 bits per heavy atom. The van der Waals surface area contributed by atoms with Gasteiger partial charge in [0.15, 0.2) is 0 Å². The Hall–Kier alpha value is -2.48. The minimum Gasteiger partial charge on any atom is -0.423 e. The molecule has 2 atom stereocenters. The molecule has 0 aliphatic heterocycles. The molecule has 0 radical (unpaired) electrons. The SMILES string of the molecule is CC(C)=C[C@@H]1[C@@H](C(=O)NS(=O)(=O)c2cccc(-c3nnco3)c2)C1(C)C. The summed E-state index contributed by atoms with van der Waals surface area (Å²) in [5.74, 6) is -0.611. The number of aromatic nitrogens is 2. The van der Waals surface area contributed by atoms with Crippen molar-refractivity contribution in [2.24, 2.45) is 17.3 Å². The van der Waals surface area contributed by atoms with E-state index in [0.29, 0.717) is 5.56 Å². The summed E-state index contributed by atoms with van der Waals surface area (Å²) in [6.45, 7) is 7.85. The van der Waals surface area contributed by atoms with Crippen LogP contribution in [0, 0.1) is 17.3 Å². The molecule has 1 aliphatic carbocycles. The molecule has 1 aromatic carbocycles. The largest absolute Gasteiger partial charge is 0.423 e. The molecule has 0 spiro atoms. The predicted octanol–water partition coefficient (Wildman–Crippen LogP) is 2.78. The average Bonchev–Trinajstić information content (AvgIpc) is 2.94. The van der Waals surface area contributed by atoms with Crippen molar-refractivity contribution in [2.45, 2.75) is 32.6 Å². The maximum absolute atomic E-state index is 12.6. The Labute approximate surface area is 152 Å². The fourth-order valence-corrected chi connectivity index (χ4v) is 4.25. The van der Waals surface area contributed by atoms with Gasteiger partial charge in [0.2, 0.25) is 18.2 Å². The van der Waals surface area contributed by atoms with Gasteiger partial charge < -0.3 is 4.42 Å². The number of hydrogen-bond acceptors (Lipinski definition) is 6. The molecule has 0 bridgehead atoms. The number of amides is 1. The summed E-state index contributed by atoms with van der Waals surface area (Å²) in [7, 11) is -3.99. The van der Waals surface area contributed by atoms with Crippen LogP contribution in [-0.2, 0) is 14.8 Å². The van der Waals surface area contributed by atoms with Gasteiger partial charge in [-0.1, -0.05) is 31.6 Å². The van der Waals surface area contributed by atoms with Crippen molar-refractivity contribution in [3.05, 3.63) is 42.3 Å². The van der Waals surface area contributed by atoms with E-state index in [4.69, 9.17) is 4.42 Å². The van der Waals surface area contributed by atoms with Crippen LogP contribution < -0.4 is 4.72 Å². The van der Waals surface area contributed by atoms with Crippen LogP contribution in [0.5, 0.6) is 0 Å². The summed E-state index contributed by atoms with van der Waals surface area (Å²) < 4.78 is 32.5. The molecule has 1 N–H and O–H groups in total. The van der Waals surface area contributed by atoms with E-state index in [1.165, 1.54) is 12.1 Å². The number of rotatable bonds is 5. The van der Waals surface area contributed by atoms with Gasteiger partial charge in [0, 0.05) is 5.56 Å². The van der Waals surface area contributed by atoms with Crippen LogP contribution in [0.3, 0.4) is 0 Å². The van der Waals surface area contributed by atoms with E-state index in [0.717, 1.165) is 12.0 Å². The summed E-state index contributed by atoms with van der Waals surface area (Å²) in [4.78, 5) is 12.5. The van der Waals surface area contributed by atoms with Crippen LogP contribution in [-0.4, -0.2) is 24.5 Å². The highest BCUT2D eigenvalue weighted by Crippen LogP contribution is 2.59. The Morgan fingerprint density at radius 1 is 1.31 bits per heavy atom. The lowest BCUT2D eigenvalue weighted by Gasteiger charge is -2.08. The van der Waals surface area contributed by atoms with Gasteiger partial charge in [0.25, 0.3) is 10.0 Å². The van der Waals surface area contributed by atoms with Gasteiger partial charge >= 0.3 is 0 Å². The third-order valence-electron chi connectivity index (χ3n) is 4.69. The molecule has 1 fully saturated rings. The topological polar surface area (TPSA) is 102 Å². The van der Waals surface area contributed by atoms with Gasteiger partial charge in [-0.25, -0.2) is 13.1 Å². The summed E-state index contributed by atoms with van der Waals surface area (Å²) in [6, 6.07) is 6.03. The number of sulfonamides is 1. The van der Waals surface area contributed by atoms with E-state index in [1.54, 1.807) is 12.1 Å². The van der Waals surface area contributed by atoms with Gasteiger partial charge in [-0.3, -0.25) is 4.79 Å². The summed E-state index contributed by atoms with van der Waals surface area (Å²) in [5.41, 5.74) is 1.31. The van der Waals surface area contributed by atoms with Crippen molar-refractivity contribution >= 4 is 15.9 Å². The smallest absolute Gasteiger partial charge is 0.264 e. The maximum atomic E-state index is 12.6. The zero-order chi connectivity index (χ0) is 19.1. The minimum atomic E-state index is -3.99. The lowest BCUT2D eigenvalue weighted by molar-refractivity contribution is -0.121. The normalized spacial score (nSPS) is 21.1. The first-order chi connectivity index (χ1) is 12.1. The molecular formula is C18H21N3O4S. The average molecular weight is 375 g/mol. The summed E-state index contributed by atoms with van der Waals surface area (Å²) in [5, 5.41) is 7.34. The molecule has 1 aromatic heterocycles. The van der Waals surface area contributed by atoms with E-state index in [1.807, 2.05) is 33.8 Å². The first-order valence-electron chi connectivity index (χ1n) is 8.21. The monoisotopic (exact) mass is 375 g/mol. The van der Waals surface area contributed by atoms with E-state index in [2.05, 4.69) is 14.9 Å². The van der Waals surface area contributed by atoms with Crippen LogP contribution in [0.25, 0.3) is 11.5 Å². The van der Waals surface area contributed by atoms with Gasteiger partial charge in [0.05, 0.1) is 10.8 Å². The summed E-state index contributed by atoms with van der Waals surface area (Å²) >= 11 is 0. The van der Waals surface area contributed by atoms with Gasteiger partial charge in [-0.05, 0) is 43.4 Å². The van der Waals surface area contributed by atoms with Crippen LogP contribution >= 0.6 is 0 Å². The second-order valence-electron chi connectivity index (χ2n) is 7.31. The number of nitrogens with one attached hydrogen (secondary N) is 1. The molecule has 2 aromatic rings. The Bertz CT molecular complexity index is 958. The van der Waals surface area contributed by atoms with Crippen LogP contribution in [0.15, 0.2) is 51.6 Å². The summed E-state index contributed by atoms with van der Waals surface area (Å²) in [6.07, 6.45) is 3.18. The number of carbonyl (C=O) groups excluding carboxylic acids is 1. The maximum Gasteiger partial charge on any atom is 0.264 e. The van der Waals surface area contributed by atoms with Crippen LogP contribution in [0.1, 0.15) is 27.7 Å². The predicted molar refractivity (Wildman–Crippen MR) is 95.3 cm³/mol. The molecule has 1 amide bonds. The number of allylic oxidation sites excluding steroid dienone is 2. The molecule has 1 heterocycles. The fraction of sp³-hybridized carbons (Fsp3) is 0.389. The van der Waals surface area contributed by atoms with Crippen molar-refractivity contribution in [1.29, 1.82) is 0 Å². The molecule has 0 unspecified atom stereocenters. The lowest BCUT2D eigenvalue weighted by Crippen LogP contribution is -2.33. The first-order valence-corrected chi connectivity index (χ1v) is 9.69. The van der Waals surface area contributed by atoms with Gasteiger partial charge in [-0.15, -0.1) is 10.2 Å². The van der Waals surface area contributed by atoms with E-state index < -0.39 is 15.9 Å². The van der Waals surface area contributed by atoms with Crippen LogP contribution in [0.2, 0.25) is 0 Å².